The maximum Gasteiger partial charge on any atom is 0.231 e. The Labute approximate surface area is 114 Å². The van der Waals surface area contributed by atoms with E-state index in [9.17, 15) is 4.79 Å². The van der Waals surface area contributed by atoms with Crippen molar-refractivity contribution in [2.45, 2.75) is 31.6 Å². The molecule has 3 nitrogen and oxygen atoms in total. The van der Waals surface area contributed by atoms with Gasteiger partial charge in [0.15, 0.2) is 0 Å². The molecular formula is C14H22N2OS. The highest BCUT2D eigenvalue weighted by Gasteiger charge is 2.33. The molecule has 0 spiro atoms. The smallest absolute Gasteiger partial charge is 0.231 e. The molecule has 0 heterocycles. The van der Waals surface area contributed by atoms with Gasteiger partial charge in [0.25, 0.3) is 0 Å². The van der Waals surface area contributed by atoms with E-state index in [1.54, 1.807) is 11.8 Å². The summed E-state index contributed by atoms with van der Waals surface area (Å²) in [5.41, 5.74) is 6.21. The summed E-state index contributed by atoms with van der Waals surface area (Å²) in [6.45, 7) is 4.40. The average Bonchev–Trinajstić information content (AvgIpc) is 2.42. The molecule has 0 atom stereocenters. The normalized spacial score (nSPS) is 11.3. The summed E-state index contributed by atoms with van der Waals surface area (Å²) in [7, 11) is 0. The molecule has 4 heteroatoms. The van der Waals surface area contributed by atoms with E-state index in [-0.39, 0.29) is 5.91 Å². The predicted molar refractivity (Wildman–Crippen MR) is 78.9 cm³/mol. The first-order valence-electron chi connectivity index (χ1n) is 6.28. The number of nitrogens with one attached hydrogen (secondary N) is 1. The number of hydrogen-bond donors (Lipinski definition) is 2. The fraction of sp³-hybridized carbons (Fsp3) is 0.500. The Kier molecular flexibility index (Phi) is 5.69. The standard InChI is InChI=1S/C14H22N2OS/c1-4-14(5-2,10-15)13(17)16-11-8-6-7-9-12(11)18-3/h6-9H,4-5,10,15H2,1-3H3,(H,16,17). The first-order chi connectivity index (χ1) is 8.63. The summed E-state index contributed by atoms with van der Waals surface area (Å²) in [6.07, 6.45) is 3.52. The Bertz CT molecular complexity index is 394. The van der Waals surface area contributed by atoms with Crippen molar-refractivity contribution >= 4 is 23.4 Å². The fourth-order valence-corrected chi connectivity index (χ4v) is 2.51. The van der Waals surface area contributed by atoms with E-state index >= 15 is 0 Å². The number of amides is 1. The second-order valence-electron chi connectivity index (χ2n) is 4.35. The maximum atomic E-state index is 12.4. The first-order valence-corrected chi connectivity index (χ1v) is 7.50. The summed E-state index contributed by atoms with van der Waals surface area (Å²) < 4.78 is 0. The predicted octanol–water partition coefficient (Wildman–Crippen LogP) is 3.11. The molecule has 0 fully saturated rings. The van der Waals surface area contributed by atoms with Crippen molar-refractivity contribution in [3.05, 3.63) is 24.3 Å². The fourth-order valence-electron chi connectivity index (χ4n) is 1.96. The van der Waals surface area contributed by atoms with E-state index in [2.05, 4.69) is 5.32 Å². The molecule has 0 unspecified atom stereocenters. The highest BCUT2D eigenvalue weighted by molar-refractivity contribution is 7.98. The zero-order chi connectivity index (χ0) is 13.6. The number of carbonyl (C=O) groups is 1. The molecule has 1 aromatic carbocycles. The second kappa shape index (κ2) is 6.81. The van der Waals surface area contributed by atoms with Crippen molar-refractivity contribution in [2.75, 3.05) is 18.1 Å². The number of hydrogen-bond acceptors (Lipinski definition) is 3. The van der Waals surface area contributed by atoms with E-state index < -0.39 is 5.41 Å². The third-order valence-corrected chi connectivity index (χ3v) is 4.38. The number of benzene rings is 1. The molecule has 0 aliphatic rings. The van der Waals surface area contributed by atoms with E-state index in [1.165, 1.54) is 0 Å². The molecule has 0 aliphatic carbocycles. The largest absolute Gasteiger partial charge is 0.329 e. The molecule has 18 heavy (non-hydrogen) atoms. The molecule has 3 N–H and O–H groups in total. The van der Waals surface area contributed by atoms with Gasteiger partial charge in [-0.2, -0.15) is 0 Å². The van der Waals surface area contributed by atoms with E-state index in [0.717, 1.165) is 23.4 Å². The van der Waals surface area contributed by atoms with Gasteiger partial charge in [0, 0.05) is 11.4 Å². The van der Waals surface area contributed by atoms with Crippen LogP contribution in [0.4, 0.5) is 5.69 Å². The number of nitrogens with two attached hydrogens (primary N) is 1. The van der Waals surface area contributed by atoms with Crippen LogP contribution in [0.1, 0.15) is 26.7 Å². The van der Waals surface area contributed by atoms with Crippen LogP contribution in [0.5, 0.6) is 0 Å². The summed E-state index contributed by atoms with van der Waals surface area (Å²) in [6, 6.07) is 7.83. The third kappa shape index (κ3) is 3.06. The van der Waals surface area contributed by atoms with Crippen LogP contribution in [0.25, 0.3) is 0 Å². The summed E-state index contributed by atoms with van der Waals surface area (Å²) in [4.78, 5) is 13.5. The van der Waals surface area contributed by atoms with Gasteiger partial charge in [-0.3, -0.25) is 4.79 Å². The van der Waals surface area contributed by atoms with E-state index in [1.807, 2.05) is 44.4 Å². The average molecular weight is 266 g/mol. The number of anilines is 1. The number of para-hydroxylation sites is 1. The molecule has 0 aromatic heterocycles. The van der Waals surface area contributed by atoms with Crippen LogP contribution in [0.15, 0.2) is 29.2 Å². The van der Waals surface area contributed by atoms with Gasteiger partial charge < -0.3 is 11.1 Å². The maximum absolute atomic E-state index is 12.4. The third-order valence-electron chi connectivity index (χ3n) is 3.58. The monoisotopic (exact) mass is 266 g/mol. The molecular weight excluding hydrogens is 244 g/mol. The quantitative estimate of drug-likeness (QED) is 0.778. The summed E-state index contributed by atoms with van der Waals surface area (Å²) in [5.74, 6) is 0.0245. The van der Waals surface area contributed by atoms with Crippen LogP contribution in [0, 0.1) is 5.41 Å². The Hall–Kier alpha value is -1.00. The minimum absolute atomic E-state index is 0.0245. The molecule has 0 aliphatic heterocycles. The zero-order valence-corrected chi connectivity index (χ0v) is 12.1. The Morgan fingerprint density at radius 3 is 2.44 bits per heavy atom. The molecule has 0 radical (unpaired) electrons. The van der Waals surface area contributed by atoms with Crippen molar-refractivity contribution in [3.8, 4) is 0 Å². The van der Waals surface area contributed by atoms with Gasteiger partial charge in [-0.1, -0.05) is 26.0 Å². The lowest BCUT2D eigenvalue weighted by Gasteiger charge is -2.28. The zero-order valence-electron chi connectivity index (χ0n) is 11.3. The molecule has 100 valence electrons. The first kappa shape index (κ1) is 15.1. The SMILES string of the molecule is CCC(CC)(CN)C(=O)Nc1ccccc1SC. The molecule has 1 rings (SSSR count). The Morgan fingerprint density at radius 1 is 1.33 bits per heavy atom. The van der Waals surface area contributed by atoms with E-state index in [4.69, 9.17) is 5.73 Å². The van der Waals surface area contributed by atoms with E-state index in [0.29, 0.717) is 6.54 Å². The highest BCUT2D eigenvalue weighted by atomic mass is 32.2. The van der Waals surface area contributed by atoms with Crippen LogP contribution in [-0.2, 0) is 4.79 Å². The van der Waals surface area contributed by atoms with Gasteiger partial charge in [0.1, 0.15) is 0 Å². The van der Waals surface area contributed by atoms with Gasteiger partial charge in [0.2, 0.25) is 5.91 Å². The van der Waals surface area contributed by atoms with Gasteiger partial charge in [0.05, 0.1) is 11.1 Å². The summed E-state index contributed by atoms with van der Waals surface area (Å²) in [5, 5.41) is 3.02. The molecule has 1 aromatic rings. The van der Waals surface area contributed by atoms with Crippen molar-refractivity contribution in [3.63, 3.8) is 0 Å². The number of thioether (sulfide) groups is 1. The lowest BCUT2D eigenvalue weighted by Crippen LogP contribution is -2.41. The van der Waals surface area contributed by atoms with Crippen LogP contribution >= 0.6 is 11.8 Å². The Balaban J connectivity index is 2.93. The van der Waals surface area contributed by atoms with Gasteiger partial charge in [-0.15, -0.1) is 11.8 Å². The van der Waals surface area contributed by atoms with Crippen LogP contribution in [-0.4, -0.2) is 18.7 Å². The van der Waals surface area contributed by atoms with Crippen molar-refractivity contribution in [2.24, 2.45) is 11.1 Å². The van der Waals surface area contributed by atoms with Gasteiger partial charge in [-0.05, 0) is 31.2 Å². The lowest BCUT2D eigenvalue weighted by atomic mass is 9.81. The van der Waals surface area contributed by atoms with Crippen molar-refractivity contribution in [1.29, 1.82) is 0 Å². The van der Waals surface area contributed by atoms with Crippen LogP contribution in [0.2, 0.25) is 0 Å². The molecule has 0 saturated heterocycles. The number of carbonyl (C=O) groups excluding carboxylic acids is 1. The molecule has 1 amide bonds. The lowest BCUT2D eigenvalue weighted by molar-refractivity contribution is -0.125. The highest BCUT2D eigenvalue weighted by Crippen LogP contribution is 2.30. The van der Waals surface area contributed by atoms with Crippen LogP contribution < -0.4 is 11.1 Å². The minimum atomic E-state index is -0.453. The second-order valence-corrected chi connectivity index (χ2v) is 5.19. The van der Waals surface area contributed by atoms with Crippen molar-refractivity contribution < 1.29 is 4.79 Å². The van der Waals surface area contributed by atoms with Gasteiger partial charge >= 0.3 is 0 Å². The Morgan fingerprint density at radius 2 is 1.94 bits per heavy atom. The topological polar surface area (TPSA) is 55.1 Å². The number of rotatable bonds is 6. The van der Waals surface area contributed by atoms with Gasteiger partial charge in [-0.25, -0.2) is 0 Å². The van der Waals surface area contributed by atoms with Crippen molar-refractivity contribution in [1.82, 2.24) is 0 Å². The van der Waals surface area contributed by atoms with Crippen LogP contribution in [0.3, 0.4) is 0 Å². The molecule has 0 saturated carbocycles. The summed E-state index contributed by atoms with van der Waals surface area (Å²) >= 11 is 1.62. The minimum Gasteiger partial charge on any atom is -0.329 e. The molecule has 0 bridgehead atoms.